The van der Waals surface area contributed by atoms with E-state index in [1.807, 2.05) is 0 Å². The highest BCUT2D eigenvalue weighted by Crippen LogP contribution is 2.36. The van der Waals surface area contributed by atoms with E-state index in [1.165, 1.54) is 0 Å². The van der Waals surface area contributed by atoms with Crippen LogP contribution in [0.4, 0.5) is 0 Å². The second kappa shape index (κ2) is 25.0. The molecule has 1 amide bonds. The van der Waals surface area contributed by atoms with Crippen LogP contribution in [0.5, 0.6) is 0 Å². The van der Waals surface area contributed by atoms with Crippen molar-refractivity contribution in [3.63, 3.8) is 0 Å². The number of hydrogen-bond acceptors (Lipinski definition) is 11. The molecule has 0 aromatic carbocycles. The SMILES string of the molecule is COCCOCC(COCCCCCCC(=O)NCCCOCCOP(=O)([O-])OC)OCCOC. The standard InChI is InChI=1S/C22H46NO11P/c1-27-13-15-32-20-21(33-17-14-28-2)19-31-11-7-5-4-6-9-22(24)23-10-8-12-30-16-18-34-35(25,26)29-3/h21H,4-20H2,1-3H3,(H,23,24)(H,25,26)/p-1. The Balaban J connectivity index is 3.57. The van der Waals surface area contributed by atoms with Gasteiger partial charge in [0.1, 0.15) is 6.10 Å². The smallest absolute Gasteiger partial charge is 0.267 e. The molecule has 12 nitrogen and oxygen atoms in total. The fourth-order valence-corrected chi connectivity index (χ4v) is 3.11. The van der Waals surface area contributed by atoms with E-state index >= 15 is 0 Å². The summed E-state index contributed by atoms with van der Waals surface area (Å²) in [6, 6.07) is 0. The fourth-order valence-electron chi connectivity index (χ4n) is 2.71. The Bertz CT molecular complexity index is 528. The Labute approximate surface area is 209 Å². The maximum absolute atomic E-state index is 11.8. The quantitative estimate of drug-likeness (QED) is 0.121. The summed E-state index contributed by atoms with van der Waals surface area (Å²) in [6.45, 7) is 4.56. The van der Waals surface area contributed by atoms with Crippen LogP contribution in [0.1, 0.15) is 38.5 Å². The third-order valence-corrected chi connectivity index (χ3v) is 5.56. The summed E-state index contributed by atoms with van der Waals surface area (Å²) in [5.41, 5.74) is 0. The number of amides is 1. The summed E-state index contributed by atoms with van der Waals surface area (Å²) in [6.07, 6.45) is 4.67. The van der Waals surface area contributed by atoms with E-state index in [-0.39, 0.29) is 25.2 Å². The average molecular weight is 531 g/mol. The summed E-state index contributed by atoms with van der Waals surface area (Å²) >= 11 is 0. The summed E-state index contributed by atoms with van der Waals surface area (Å²) < 4.78 is 51.8. The number of hydrogen-bond donors (Lipinski definition) is 1. The molecule has 0 bridgehead atoms. The highest BCUT2D eigenvalue weighted by Gasteiger charge is 2.10. The molecule has 210 valence electrons. The largest absolute Gasteiger partial charge is 0.756 e. The number of nitrogens with one attached hydrogen (secondary N) is 1. The van der Waals surface area contributed by atoms with E-state index in [2.05, 4.69) is 14.4 Å². The summed E-state index contributed by atoms with van der Waals surface area (Å²) in [4.78, 5) is 22.8. The van der Waals surface area contributed by atoms with Crippen LogP contribution in [0.3, 0.4) is 0 Å². The molecule has 0 radical (unpaired) electrons. The van der Waals surface area contributed by atoms with Crippen LogP contribution in [0.15, 0.2) is 0 Å². The Morgan fingerprint density at radius 1 is 0.771 bits per heavy atom. The molecule has 2 atom stereocenters. The number of carbonyl (C=O) groups is 1. The van der Waals surface area contributed by atoms with Gasteiger partial charge in [0, 0.05) is 47.5 Å². The first-order valence-electron chi connectivity index (χ1n) is 12.1. The van der Waals surface area contributed by atoms with Crippen molar-refractivity contribution in [1.82, 2.24) is 5.32 Å². The molecular formula is C22H45NO11P-. The van der Waals surface area contributed by atoms with Gasteiger partial charge in [0.25, 0.3) is 7.82 Å². The van der Waals surface area contributed by atoms with Gasteiger partial charge >= 0.3 is 0 Å². The number of phosphoric acid groups is 1. The van der Waals surface area contributed by atoms with Crippen molar-refractivity contribution in [1.29, 1.82) is 0 Å². The van der Waals surface area contributed by atoms with E-state index in [9.17, 15) is 14.3 Å². The first kappa shape index (κ1) is 34.3. The number of ether oxygens (including phenoxy) is 6. The predicted octanol–water partition coefficient (Wildman–Crippen LogP) is 1.30. The Morgan fingerprint density at radius 3 is 2.11 bits per heavy atom. The van der Waals surface area contributed by atoms with E-state index < -0.39 is 7.82 Å². The second-order valence-electron chi connectivity index (χ2n) is 7.57. The second-order valence-corrected chi connectivity index (χ2v) is 9.09. The first-order valence-corrected chi connectivity index (χ1v) is 13.5. The monoisotopic (exact) mass is 530 g/mol. The number of methoxy groups -OCH3 is 2. The average Bonchev–Trinajstić information content (AvgIpc) is 2.84. The zero-order valence-corrected chi connectivity index (χ0v) is 22.4. The van der Waals surface area contributed by atoms with Crippen molar-refractivity contribution < 1.29 is 51.7 Å². The van der Waals surface area contributed by atoms with Crippen LogP contribution in [0.2, 0.25) is 0 Å². The minimum atomic E-state index is -4.20. The van der Waals surface area contributed by atoms with Crippen molar-refractivity contribution in [2.24, 2.45) is 0 Å². The highest BCUT2D eigenvalue weighted by molar-refractivity contribution is 7.45. The zero-order valence-electron chi connectivity index (χ0n) is 21.5. The molecule has 0 aromatic rings. The van der Waals surface area contributed by atoms with Crippen LogP contribution in [0.25, 0.3) is 0 Å². The van der Waals surface area contributed by atoms with Crippen LogP contribution >= 0.6 is 7.82 Å². The molecular weight excluding hydrogens is 485 g/mol. The molecule has 0 aliphatic rings. The van der Waals surface area contributed by atoms with Gasteiger partial charge in [-0.15, -0.1) is 0 Å². The van der Waals surface area contributed by atoms with Crippen LogP contribution in [0, 0.1) is 0 Å². The minimum Gasteiger partial charge on any atom is -0.756 e. The van der Waals surface area contributed by atoms with E-state index in [0.717, 1.165) is 32.8 Å². The number of rotatable bonds is 27. The molecule has 13 heteroatoms. The topological polar surface area (TPSA) is 143 Å². The Kier molecular flexibility index (Phi) is 24.5. The normalized spacial score (nSPS) is 14.1. The molecule has 0 fully saturated rings. The number of carbonyl (C=O) groups excluding carboxylic acids is 1. The lowest BCUT2D eigenvalue weighted by Gasteiger charge is -2.19. The van der Waals surface area contributed by atoms with Gasteiger partial charge < -0.3 is 47.7 Å². The van der Waals surface area contributed by atoms with Crippen LogP contribution in [-0.4, -0.2) is 106 Å². The number of phosphoric ester groups is 1. The lowest BCUT2D eigenvalue weighted by atomic mass is 10.1. The van der Waals surface area contributed by atoms with Gasteiger partial charge in [-0.1, -0.05) is 12.8 Å². The van der Waals surface area contributed by atoms with Gasteiger partial charge in [0.2, 0.25) is 5.91 Å². The van der Waals surface area contributed by atoms with Crippen LogP contribution < -0.4 is 10.2 Å². The summed E-state index contributed by atoms with van der Waals surface area (Å²) in [7, 11) is 0.102. The van der Waals surface area contributed by atoms with Crippen molar-refractivity contribution in [2.45, 2.75) is 44.6 Å². The Morgan fingerprint density at radius 2 is 1.40 bits per heavy atom. The molecule has 35 heavy (non-hydrogen) atoms. The molecule has 0 aliphatic carbocycles. The molecule has 0 aliphatic heterocycles. The lowest BCUT2D eigenvalue weighted by molar-refractivity contribution is -0.223. The summed E-state index contributed by atoms with van der Waals surface area (Å²) in [5, 5.41) is 2.84. The van der Waals surface area contributed by atoms with Gasteiger partial charge in [0.15, 0.2) is 0 Å². The molecule has 1 N–H and O–H groups in total. The predicted molar refractivity (Wildman–Crippen MR) is 127 cm³/mol. The maximum Gasteiger partial charge on any atom is 0.267 e. The molecule has 0 spiro atoms. The van der Waals surface area contributed by atoms with E-state index in [1.54, 1.807) is 14.2 Å². The number of unbranched alkanes of at least 4 members (excludes halogenated alkanes) is 3. The van der Waals surface area contributed by atoms with Gasteiger partial charge in [-0.2, -0.15) is 0 Å². The van der Waals surface area contributed by atoms with Gasteiger partial charge in [-0.05, 0) is 19.3 Å². The van der Waals surface area contributed by atoms with E-state index in [4.69, 9.17) is 28.4 Å². The fraction of sp³-hybridized carbons (Fsp3) is 0.955. The first-order chi connectivity index (χ1) is 16.9. The van der Waals surface area contributed by atoms with Crippen molar-refractivity contribution in [3.05, 3.63) is 0 Å². The third-order valence-electron chi connectivity index (χ3n) is 4.61. The maximum atomic E-state index is 11.8. The van der Waals surface area contributed by atoms with Gasteiger partial charge in [-0.3, -0.25) is 9.36 Å². The Hall–Kier alpha value is -0.660. The van der Waals surface area contributed by atoms with Gasteiger partial charge in [-0.25, -0.2) is 0 Å². The van der Waals surface area contributed by atoms with Crippen molar-refractivity contribution >= 4 is 13.7 Å². The van der Waals surface area contributed by atoms with Crippen molar-refractivity contribution in [3.8, 4) is 0 Å². The minimum absolute atomic E-state index is 0.0153. The van der Waals surface area contributed by atoms with E-state index in [0.29, 0.717) is 72.2 Å². The molecule has 0 rings (SSSR count). The highest BCUT2D eigenvalue weighted by atomic mass is 31.2. The van der Waals surface area contributed by atoms with Crippen molar-refractivity contribution in [2.75, 3.05) is 93.9 Å². The third kappa shape index (κ3) is 24.8. The molecule has 2 unspecified atom stereocenters. The van der Waals surface area contributed by atoms with Gasteiger partial charge in [0.05, 0.1) is 52.9 Å². The molecule has 0 saturated heterocycles. The van der Waals surface area contributed by atoms with Crippen LogP contribution in [-0.2, 0) is 46.8 Å². The zero-order chi connectivity index (χ0) is 26.0. The molecule has 0 heterocycles. The molecule has 0 aromatic heterocycles. The molecule has 0 saturated carbocycles. The summed E-state index contributed by atoms with van der Waals surface area (Å²) in [5.74, 6) is 0.0153. The lowest BCUT2D eigenvalue weighted by Crippen LogP contribution is -2.28.